The predicted molar refractivity (Wildman–Crippen MR) is 76.2 cm³/mol. The molecule has 0 aliphatic carbocycles. The highest BCUT2D eigenvalue weighted by Gasteiger charge is 2.07. The minimum atomic E-state index is -0.380. The normalized spacial score (nSPS) is 9.52. The van der Waals surface area contributed by atoms with E-state index in [1.54, 1.807) is 18.2 Å². The monoisotopic (exact) mass is 281 g/mol. The molecule has 0 amide bonds. The number of halogens is 1. The van der Waals surface area contributed by atoms with Gasteiger partial charge in [-0.25, -0.2) is 4.39 Å². The van der Waals surface area contributed by atoms with Crippen LogP contribution in [0.15, 0.2) is 36.4 Å². The van der Waals surface area contributed by atoms with Crippen LogP contribution in [0, 0.1) is 28.5 Å². The van der Waals surface area contributed by atoms with Crippen molar-refractivity contribution in [3.63, 3.8) is 0 Å². The average molecular weight is 281 g/mol. The van der Waals surface area contributed by atoms with Gasteiger partial charge in [-0.3, -0.25) is 0 Å². The number of nitrogens with one attached hydrogen (secondary N) is 1. The number of hydrogen-bond acceptors (Lipinski definition) is 4. The van der Waals surface area contributed by atoms with E-state index in [1.165, 1.54) is 25.3 Å². The second kappa shape index (κ2) is 6.40. The fourth-order valence-corrected chi connectivity index (χ4v) is 1.88. The zero-order valence-corrected chi connectivity index (χ0v) is 11.4. The molecule has 0 unspecified atom stereocenters. The number of hydrogen-bond donors (Lipinski definition) is 1. The highest BCUT2D eigenvalue weighted by atomic mass is 19.1. The second-order valence-electron chi connectivity index (χ2n) is 4.30. The standard InChI is InChI=1S/C16H12FN3O/c1-21-16-7-12(9-19)3-5-15(16)20-10-13-6-11(8-18)2-4-14(13)17/h2-7,20H,10H2,1H3. The van der Waals surface area contributed by atoms with Gasteiger partial charge in [0.05, 0.1) is 36.1 Å². The van der Waals surface area contributed by atoms with Crippen molar-refractivity contribution in [2.45, 2.75) is 6.54 Å². The lowest BCUT2D eigenvalue weighted by Crippen LogP contribution is -2.04. The summed E-state index contributed by atoms with van der Waals surface area (Å²) in [6, 6.07) is 13.1. The summed E-state index contributed by atoms with van der Waals surface area (Å²) in [5, 5.41) is 20.7. The van der Waals surface area contributed by atoms with Crippen LogP contribution < -0.4 is 10.1 Å². The van der Waals surface area contributed by atoms with Crippen LogP contribution in [-0.4, -0.2) is 7.11 Å². The second-order valence-corrected chi connectivity index (χ2v) is 4.30. The lowest BCUT2D eigenvalue weighted by molar-refractivity contribution is 0.416. The SMILES string of the molecule is COc1cc(C#N)ccc1NCc1cc(C#N)ccc1F. The van der Waals surface area contributed by atoms with Crippen LogP contribution in [0.3, 0.4) is 0 Å². The van der Waals surface area contributed by atoms with Crippen LogP contribution in [0.2, 0.25) is 0 Å². The van der Waals surface area contributed by atoms with Gasteiger partial charge in [-0.2, -0.15) is 10.5 Å². The Hall–Kier alpha value is -3.05. The van der Waals surface area contributed by atoms with Crippen LogP contribution in [-0.2, 0) is 6.54 Å². The first-order valence-corrected chi connectivity index (χ1v) is 6.18. The Balaban J connectivity index is 2.21. The van der Waals surface area contributed by atoms with Crippen LogP contribution in [0.1, 0.15) is 16.7 Å². The molecule has 0 bridgehead atoms. The van der Waals surface area contributed by atoms with E-state index < -0.39 is 0 Å². The van der Waals surface area contributed by atoms with Crippen molar-refractivity contribution in [2.24, 2.45) is 0 Å². The summed E-state index contributed by atoms with van der Waals surface area (Å²) in [5.41, 5.74) is 1.92. The summed E-state index contributed by atoms with van der Waals surface area (Å²) in [4.78, 5) is 0. The Morgan fingerprint density at radius 3 is 2.43 bits per heavy atom. The molecule has 0 radical (unpaired) electrons. The van der Waals surface area contributed by atoms with Gasteiger partial charge in [-0.1, -0.05) is 0 Å². The highest BCUT2D eigenvalue weighted by molar-refractivity contribution is 5.59. The summed E-state index contributed by atoms with van der Waals surface area (Å²) >= 11 is 0. The highest BCUT2D eigenvalue weighted by Crippen LogP contribution is 2.26. The van der Waals surface area contributed by atoms with Crippen LogP contribution in [0.5, 0.6) is 5.75 Å². The summed E-state index contributed by atoms with van der Waals surface area (Å²) in [6.45, 7) is 0.212. The first-order valence-electron chi connectivity index (χ1n) is 6.18. The summed E-state index contributed by atoms with van der Waals surface area (Å²) in [7, 11) is 1.50. The third-order valence-electron chi connectivity index (χ3n) is 2.97. The largest absolute Gasteiger partial charge is 0.495 e. The zero-order valence-electron chi connectivity index (χ0n) is 11.4. The number of rotatable bonds is 4. The molecule has 104 valence electrons. The fourth-order valence-electron chi connectivity index (χ4n) is 1.88. The molecular formula is C16H12FN3O. The van der Waals surface area contributed by atoms with E-state index in [2.05, 4.69) is 5.32 Å². The molecule has 0 spiro atoms. The molecule has 4 nitrogen and oxygen atoms in total. The number of nitriles is 2. The fraction of sp³-hybridized carbons (Fsp3) is 0.125. The molecule has 0 fully saturated rings. The summed E-state index contributed by atoms with van der Waals surface area (Å²) in [6.07, 6.45) is 0. The minimum Gasteiger partial charge on any atom is -0.495 e. The van der Waals surface area contributed by atoms with Gasteiger partial charge >= 0.3 is 0 Å². The van der Waals surface area contributed by atoms with Gasteiger partial charge in [0, 0.05) is 18.2 Å². The molecule has 0 saturated heterocycles. The molecule has 2 aromatic carbocycles. The maximum atomic E-state index is 13.7. The molecule has 0 aliphatic heterocycles. The lowest BCUT2D eigenvalue weighted by atomic mass is 10.1. The van der Waals surface area contributed by atoms with Crippen molar-refractivity contribution in [2.75, 3.05) is 12.4 Å². The van der Waals surface area contributed by atoms with E-state index in [0.717, 1.165) is 0 Å². The van der Waals surface area contributed by atoms with Gasteiger partial charge < -0.3 is 10.1 Å². The van der Waals surface area contributed by atoms with Crippen LogP contribution >= 0.6 is 0 Å². The average Bonchev–Trinajstić information content (AvgIpc) is 2.54. The van der Waals surface area contributed by atoms with E-state index in [1.807, 2.05) is 12.1 Å². The maximum absolute atomic E-state index is 13.7. The quantitative estimate of drug-likeness (QED) is 0.934. The third-order valence-corrected chi connectivity index (χ3v) is 2.97. The third kappa shape index (κ3) is 3.29. The van der Waals surface area contributed by atoms with Crippen LogP contribution in [0.4, 0.5) is 10.1 Å². The first kappa shape index (κ1) is 14.4. The molecule has 0 saturated carbocycles. The van der Waals surface area contributed by atoms with Gasteiger partial charge in [0.15, 0.2) is 0 Å². The van der Waals surface area contributed by atoms with Crippen molar-refractivity contribution < 1.29 is 9.13 Å². The molecule has 2 rings (SSSR count). The lowest BCUT2D eigenvalue weighted by Gasteiger charge is -2.12. The molecule has 1 N–H and O–H groups in total. The van der Waals surface area contributed by atoms with E-state index >= 15 is 0 Å². The van der Waals surface area contributed by atoms with Gasteiger partial charge in [0.25, 0.3) is 0 Å². The molecule has 21 heavy (non-hydrogen) atoms. The van der Waals surface area contributed by atoms with Crippen molar-refractivity contribution in [1.82, 2.24) is 0 Å². The topological polar surface area (TPSA) is 68.8 Å². The number of anilines is 1. The predicted octanol–water partition coefficient (Wildman–Crippen LogP) is 3.19. The maximum Gasteiger partial charge on any atom is 0.143 e. The van der Waals surface area contributed by atoms with Crippen LogP contribution in [0.25, 0.3) is 0 Å². The summed E-state index contributed by atoms with van der Waals surface area (Å²) in [5.74, 6) is 0.125. The first-order chi connectivity index (χ1) is 10.2. The smallest absolute Gasteiger partial charge is 0.143 e. The molecule has 0 aromatic heterocycles. The number of methoxy groups -OCH3 is 1. The van der Waals surface area contributed by atoms with Crippen molar-refractivity contribution >= 4 is 5.69 Å². The molecule has 0 atom stereocenters. The van der Waals surface area contributed by atoms with Crippen molar-refractivity contribution in [3.8, 4) is 17.9 Å². The Morgan fingerprint density at radius 1 is 1.10 bits per heavy atom. The Morgan fingerprint density at radius 2 is 1.76 bits per heavy atom. The van der Waals surface area contributed by atoms with E-state index in [0.29, 0.717) is 28.1 Å². The van der Waals surface area contributed by atoms with Gasteiger partial charge in [0.2, 0.25) is 0 Å². The number of benzene rings is 2. The molecule has 2 aromatic rings. The molecule has 0 aliphatic rings. The van der Waals surface area contributed by atoms with E-state index in [-0.39, 0.29) is 12.4 Å². The van der Waals surface area contributed by atoms with E-state index in [4.69, 9.17) is 15.3 Å². The Kier molecular flexibility index (Phi) is 4.38. The molecule has 0 heterocycles. The molecular weight excluding hydrogens is 269 g/mol. The van der Waals surface area contributed by atoms with Crippen molar-refractivity contribution in [1.29, 1.82) is 10.5 Å². The van der Waals surface area contributed by atoms with E-state index in [9.17, 15) is 4.39 Å². The molecule has 5 heteroatoms. The number of nitrogens with zero attached hydrogens (tertiary/aromatic N) is 2. The zero-order chi connectivity index (χ0) is 15.2. The van der Waals surface area contributed by atoms with Gasteiger partial charge in [0.1, 0.15) is 11.6 Å². The van der Waals surface area contributed by atoms with Gasteiger partial charge in [-0.15, -0.1) is 0 Å². The number of ether oxygens (including phenoxy) is 1. The Bertz CT molecular complexity index is 744. The summed E-state index contributed by atoms with van der Waals surface area (Å²) < 4.78 is 18.9. The Labute approximate surface area is 122 Å². The van der Waals surface area contributed by atoms with Gasteiger partial charge in [-0.05, 0) is 30.3 Å². The minimum absolute atomic E-state index is 0.212. The van der Waals surface area contributed by atoms with Crippen molar-refractivity contribution in [3.05, 3.63) is 58.9 Å².